The van der Waals surface area contributed by atoms with Crippen LogP contribution in [0.1, 0.15) is 0 Å². The maximum absolute atomic E-state index is 6.10. The third kappa shape index (κ3) is 2.04. The van der Waals surface area contributed by atoms with Crippen molar-refractivity contribution in [1.29, 1.82) is 0 Å². The number of nitrogens with zero attached hydrogens (tertiary/aromatic N) is 2. The van der Waals surface area contributed by atoms with E-state index in [-0.39, 0.29) is 0 Å². The SMILES string of the molecule is Nc1ccc2[nH]c(-c3ccc(I)c(Cl)c3)nc2n1. The van der Waals surface area contributed by atoms with Crippen LogP contribution in [-0.2, 0) is 0 Å². The quantitative estimate of drug-likeness (QED) is 0.645. The van der Waals surface area contributed by atoms with E-state index in [4.69, 9.17) is 17.3 Å². The summed E-state index contributed by atoms with van der Waals surface area (Å²) in [5, 5.41) is 0.709. The zero-order chi connectivity index (χ0) is 12.7. The number of nitrogen functional groups attached to an aromatic ring is 1. The van der Waals surface area contributed by atoms with Crippen LogP contribution in [0.2, 0.25) is 5.02 Å². The van der Waals surface area contributed by atoms with Crippen LogP contribution in [0.4, 0.5) is 5.82 Å². The Morgan fingerprint density at radius 3 is 2.78 bits per heavy atom. The van der Waals surface area contributed by atoms with Gasteiger partial charge in [0.05, 0.1) is 10.5 Å². The molecule has 3 aromatic rings. The Labute approximate surface area is 122 Å². The molecule has 0 spiro atoms. The first-order valence-corrected chi connectivity index (χ1v) is 6.67. The van der Waals surface area contributed by atoms with E-state index in [0.717, 1.165) is 20.5 Å². The molecule has 2 aromatic heterocycles. The summed E-state index contributed by atoms with van der Waals surface area (Å²) in [6, 6.07) is 9.40. The van der Waals surface area contributed by atoms with E-state index in [9.17, 15) is 0 Å². The van der Waals surface area contributed by atoms with E-state index >= 15 is 0 Å². The van der Waals surface area contributed by atoms with E-state index in [1.165, 1.54) is 0 Å². The van der Waals surface area contributed by atoms with Gasteiger partial charge in [-0.15, -0.1) is 0 Å². The van der Waals surface area contributed by atoms with Crippen molar-refractivity contribution < 1.29 is 0 Å². The Morgan fingerprint density at radius 2 is 2.00 bits per heavy atom. The number of aromatic nitrogens is 3. The molecule has 0 aliphatic rings. The minimum Gasteiger partial charge on any atom is -0.384 e. The van der Waals surface area contributed by atoms with Gasteiger partial charge in [0.1, 0.15) is 11.6 Å². The lowest BCUT2D eigenvalue weighted by molar-refractivity contribution is 1.30. The van der Waals surface area contributed by atoms with Crippen molar-refractivity contribution >= 4 is 51.2 Å². The van der Waals surface area contributed by atoms with Gasteiger partial charge in [-0.2, -0.15) is 0 Å². The Hall–Kier alpha value is -1.34. The van der Waals surface area contributed by atoms with Gasteiger partial charge < -0.3 is 10.7 Å². The topological polar surface area (TPSA) is 67.6 Å². The number of anilines is 1. The van der Waals surface area contributed by atoms with Crippen LogP contribution in [-0.4, -0.2) is 15.0 Å². The smallest absolute Gasteiger partial charge is 0.180 e. The van der Waals surface area contributed by atoms with Crippen molar-refractivity contribution in [3.8, 4) is 11.4 Å². The molecule has 3 N–H and O–H groups in total. The van der Waals surface area contributed by atoms with Crippen molar-refractivity contribution in [3.05, 3.63) is 38.9 Å². The second-order valence-corrected chi connectivity index (χ2v) is 5.39. The highest BCUT2D eigenvalue weighted by atomic mass is 127. The number of hydrogen-bond acceptors (Lipinski definition) is 3. The normalized spacial score (nSPS) is 11.0. The molecule has 0 unspecified atom stereocenters. The van der Waals surface area contributed by atoms with Gasteiger partial charge >= 0.3 is 0 Å². The molecule has 0 aliphatic heterocycles. The highest BCUT2D eigenvalue weighted by Gasteiger charge is 2.08. The molecule has 90 valence electrons. The fraction of sp³-hybridized carbons (Fsp3) is 0. The largest absolute Gasteiger partial charge is 0.384 e. The number of fused-ring (bicyclic) bond motifs is 1. The number of pyridine rings is 1. The number of nitrogens with two attached hydrogens (primary N) is 1. The number of nitrogens with one attached hydrogen (secondary N) is 1. The molecule has 0 saturated carbocycles. The Morgan fingerprint density at radius 1 is 1.17 bits per heavy atom. The maximum atomic E-state index is 6.10. The van der Waals surface area contributed by atoms with Gasteiger partial charge in [-0.1, -0.05) is 17.7 Å². The van der Waals surface area contributed by atoms with Crippen LogP contribution >= 0.6 is 34.2 Å². The van der Waals surface area contributed by atoms with Gasteiger partial charge in [-0.05, 0) is 46.9 Å². The maximum Gasteiger partial charge on any atom is 0.180 e. The van der Waals surface area contributed by atoms with Crippen LogP contribution in [0, 0.1) is 3.57 Å². The van der Waals surface area contributed by atoms with Gasteiger partial charge in [-0.3, -0.25) is 0 Å². The number of halogens is 2. The predicted octanol–water partition coefficient (Wildman–Crippen LogP) is 3.47. The van der Waals surface area contributed by atoms with Crippen LogP contribution in [0.25, 0.3) is 22.6 Å². The Balaban J connectivity index is 2.16. The monoisotopic (exact) mass is 370 g/mol. The molecule has 0 bridgehead atoms. The molecule has 6 heteroatoms. The lowest BCUT2D eigenvalue weighted by atomic mass is 10.2. The van der Waals surface area contributed by atoms with Crippen molar-refractivity contribution in [2.24, 2.45) is 0 Å². The van der Waals surface area contributed by atoms with E-state index in [1.54, 1.807) is 6.07 Å². The molecule has 18 heavy (non-hydrogen) atoms. The third-order valence-corrected chi connectivity index (χ3v) is 4.13. The standard InChI is InChI=1S/C12H8ClIN4/c13-7-5-6(1-2-8(7)14)11-16-9-3-4-10(15)17-12(9)18-11/h1-5H,(H3,15,16,17,18). The summed E-state index contributed by atoms with van der Waals surface area (Å²) in [5.74, 6) is 1.20. The van der Waals surface area contributed by atoms with Crippen molar-refractivity contribution in [1.82, 2.24) is 15.0 Å². The fourth-order valence-corrected chi connectivity index (χ4v) is 2.20. The summed E-state index contributed by atoms with van der Waals surface area (Å²) in [6.45, 7) is 0. The summed E-state index contributed by atoms with van der Waals surface area (Å²) in [6.07, 6.45) is 0. The van der Waals surface area contributed by atoms with Crippen LogP contribution in [0.3, 0.4) is 0 Å². The highest BCUT2D eigenvalue weighted by molar-refractivity contribution is 14.1. The molecular formula is C12H8ClIN4. The molecule has 4 nitrogen and oxygen atoms in total. The van der Waals surface area contributed by atoms with E-state index in [2.05, 4.69) is 37.5 Å². The molecule has 2 heterocycles. The number of rotatable bonds is 1. The lowest BCUT2D eigenvalue weighted by Gasteiger charge is -1.99. The fourth-order valence-electron chi connectivity index (χ4n) is 1.69. The molecule has 0 atom stereocenters. The number of benzene rings is 1. The average molecular weight is 371 g/mol. The third-order valence-electron chi connectivity index (χ3n) is 2.56. The van der Waals surface area contributed by atoms with E-state index < -0.39 is 0 Å². The van der Waals surface area contributed by atoms with Crippen LogP contribution in [0.5, 0.6) is 0 Å². The summed E-state index contributed by atoms with van der Waals surface area (Å²) in [7, 11) is 0. The second kappa shape index (κ2) is 4.40. The number of imidazole rings is 1. The van der Waals surface area contributed by atoms with E-state index in [1.807, 2.05) is 24.3 Å². The average Bonchev–Trinajstić information content (AvgIpc) is 2.75. The minimum absolute atomic E-state index is 0.459. The van der Waals surface area contributed by atoms with Crippen molar-refractivity contribution in [3.63, 3.8) is 0 Å². The molecule has 0 amide bonds. The molecule has 0 saturated heterocycles. The Kier molecular flexibility index (Phi) is 2.87. The van der Waals surface area contributed by atoms with Crippen molar-refractivity contribution in [2.45, 2.75) is 0 Å². The number of aromatic amines is 1. The summed E-state index contributed by atoms with van der Waals surface area (Å²) >= 11 is 8.29. The Bertz CT molecular complexity index is 738. The minimum atomic E-state index is 0.459. The van der Waals surface area contributed by atoms with Gasteiger partial charge in [0.25, 0.3) is 0 Å². The second-order valence-electron chi connectivity index (χ2n) is 3.82. The first-order chi connectivity index (χ1) is 8.63. The summed E-state index contributed by atoms with van der Waals surface area (Å²) in [4.78, 5) is 11.8. The van der Waals surface area contributed by atoms with Crippen molar-refractivity contribution in [2.75, 3.05) is 5.73 Å². The lowest BCUT2D eigenvalue weighted by Crippen LogP contribution is -1.88. The zero-order valence-corrected chi connectivity index (χ0v) is 12.0. The first kappa shape index (κ1) is 11.7. The number of hydrogen-bond donors (Lipinski definition) is 2. The summed E-state index contributed by atoms with van der Waals surface area (Å²) < 4.78 is 1.01. The predicted molar refractivity (Wildman–Crippen MR) is 81.5 cm³/mol. The molecular weight excluding hydrogens is 363 g/mol. The van der Waals surface area contributed by atoms with E-state index in [0.29, 0.717) is 16.5 Å². The molecule has 1 aromatic carbocycles. The van der Waals surface area contributed by atoms with Gasteiger partial charge in [0.2, 0.25) is 0 Å². The number of H-pyrrole nitrogens is 1. The first-order valence-electron chi connectivity index (χ1n) is 5.21. The molecule has 0 fully saturated rings. The molecule has 0 radical (unpaired) electrons. The van der Waals surface area contributed by atoms with Crippen LogP contribution in [0.15, 0.2) is 30.3 Å². The van der Waals surface area contributed by atoms with Gasteiger partial charge in [0.15, 0.2) is 5.65 Å². The molecule has 3 rings (SSSR count). The summed E-state index contributed by atoms with van der Waals surface area (Å²) in [5.41, 5.74) is 8.02. The van der Waals surface area contributed by atoms with Crippen LogP contribution < -0.4 is 5.73 Å². The highest BCUT2D eigenvalue weighted by Crippen LogP contribution is 2.26. The van der Waals surface area contributed by atoms with Gasteiger partial charge in [-0.25, -0.2) is 9.97 Å². The molecule has 0 aliphatic carbocycles. The van der Waals surface area contributed by atoms with Gasteiger partial charge in [0, 0.05) is 9.13 Å². The zero-order valence-electron chi connectivity index (χ0n) is 9.11.